The van der Waals surface area contributed by atoms with Crippen LogP contribution in [-0.2, 0) is 6.54 Å². The first-order chi connectivity index (χ1) is 9.68. The number of pyridine rings is 1. The highest BCUT2D eigenvalue weighted by Gasteiger charge is 2.08. The van der Waals surface area contributed by atoms with E-state index in [1.807, 2.05) is 23.6 Å². The van der Waals surface area contributed by atoms with Crippen LogP contribution in [0.1, 0.15) is 36.2 Å². The summed E-state index contributed by atoms with van der Waals surface area (Å²) in [5.41, 5.74) is 1.45. The molecule has 3 nitrogen and oxygen atoms in total. The maximum atomic E-state index is 11.5. The largest absolute Gasteiger partial charge is 0.316 e. The normalized spacial score (nSPS) is 12.5. The number of unbranched alkanes of at least 4 members (excludes halogenated alkanes) is 1. The second-order valence-corrected chi connectivity index (χ2v) is 6.03. The van der Waals surface area contributed by atoms with Crippen molar-refractivity contribution in [1.82, 2.24) is 9.88 Å². The van der Waals surface area contributed by atoms with Gasteiger partial charge in [0.15, 0.2) is 0 Å². The molecule has 0 aliphatic heterocycles. The van der Waals surface area contributed by atoms with Crippen molar-refractivity contribution in [2.45, 2.75) is 39.3 Å². The molecule has 0 saturated heterocycles. The maximum absolute atomic E-state index is 11.5. The molecule has 0 aliphatic rings. The lowest BCUT2D eigenvalue weighted by Crippen LogP contribution is -2.21. The molecule has 0 bridgehead atoms. The Morgan fingerprint density at radius 3 is 2.85 bits per heavy atom. The Morgan fingerprint density at radius 1 is 1.30 bits per heavy atom. The molecule has 4 heteroatoms. The van der Waals surface area contributed by atoms with Gasteiger partial charge in [0.1, 0.15) is 0 Å². The van der Waals surface area contributed by atoms with Crippen LogP contribution in [0.5, 0.6) is 0 Å². The molecule has 2 rings (SSSR count). The lowest BCUT2D eigenvalue weighted by atomic mass is 10.2. The van der Waals surface area contributed by atoms with Gasteiger partial charge in [0, 0.05) is 29.7 Å². The van der Waals surface area contributed by atoms with E-state index in [2.05, 4.69) is 30.6 Å². The third-order valence-electron chi connectivity index (χ3n) is 3.47. The molecule has 1 N–H and O–H groups in total. The zero-order chi connectivity index (χ0) is 14.4. The second-order valence-electron chi connectivity index (χ2n) is 5.08. The van der Waals surface area contributed by atoms with Crippen LogP contribution >= 0.6 is 11.3 Å². The highest BCUT2D eigenvalue weighted by Crippen LogP contribution is 2.23. The van der Waals surface area contributed by atoms with E-state index < -0.39 is 0 Å². The molecule has 0 spiro atoms. The molecule has 1 unspecified atom stereocenters. The van der Waals surface area contributed by atoms with Gasteiger partial charge >= 0.3 is 0 Å². The summed E-state index contributed by atoms with van der Waals surface area (Å²) in [6.45, 7) is 6.15. The fraction of sp³-hybridized carbons (Fsp3) is 0.438. The lowest BCUT2D eigenvalue weighted by molar-refractivity contribution is 0.522. The van der Waals surface area contributed by atoms with E-state index >= 15 is 0 Å². The summed E-state index contributed by atoms with van der Waals surface area (Å²) in [7, 11) is 0. The predicted octanol–water partition coefficient (Wildman–Crippen LogP) is 3.35. The van der Waals surface area contributed by atoms with Crippen molar-refractivity contribution < 1.29 is 0 Å². The summed E-state index contributed by atoms with van der Waals surface area (Å²) < 4.78 is 1.77. The minimum Gasteiger partial charge on any atom is -0.316 e. The molecule has 0 amide bonds. The van der Waals surface area contributed by atoms with E-state index in [-0.39, 0.29) is 5.56 Å². The monoisotopic (exact) mass is 290 g/mol. The molecule has 2 aromatic rings. The summed E-state index contributed by atoms with van der Waals surface area (Å²) in [5.74, 6) is 0. The molecule has 1 atom stereocenters. The third kappa shape index (κ3) is 4.05. The molecular weight excluding hydrogens is 268 g/mol. The van der Waals surface area contributed by atoms with Crippen molar-refractivity contribution in [3.63, 3.8) is 0 Å². The fourth-order valence-corrected chi connectivity index (χ4v) is 3.25. The van der Waals surface area contributed by atoms with Gasteiger partial charge in [0.25, 0.3) is 0 Å². The van der Waals surface area contributed by atoms with Crippen molar-refractivity contribution >= 4 is 11.3 Å². The van der Waals surface area contributed by atoms with Crippen molar-refractivity contribution in [1.29, 1.82) is 0 Å². The van der Waals surface area contributed by atoms with Crippen LogP contribution in [0.25, 0.3) is 0 Å². The predicted molar refractivity (Wildman–Crippen MR) is 85.4 cm³/mol. The van der Waals surface area contributed by atoms with Crippen LogP contribution in [0.4, 0.5) is 0 Å². The molecule has 0 fully saturated rings. The molecule has 0 saturated carbocycles. The lowest BCUT2D eigenvalue weighted by Gasteiger charge is -2.13. The first-order valence-corrected chi connectivity index (χ1v) is 7.99. The van der Waals surface area contributed by atoms with Crippen LogP contribution < -0.4 is 10.9 Å². The van der Waals surface area contributed by atoms with Crippen molar-refractivity contribution in [3.8, 4) is 0 Å². The topological polar surface area (TPSA) is 34.0 Å². The van der Waals surface area contributed by atoms with Gasteiger partial charge in [0.05, 0.1) is 0 Å². The van der Waals surface area contributed by atoms with Crippen LogP contribution in [-0.4, -0.2) is 11.1 Å². The zero-order valence-corrected chi connectivity index (χ0v) is 13.0. The zero-order valence-electron chi connectivity index (χ0n) is 12.1. The third-order valence-corrected chi connectivity index (χ3v) is 4.67. The summed E-state index contributed by atoms with van der Waals surface area (Å²) in [6, 6.07) is 7.88. The number of thiophene rings is 1. The highest BCUT2D eigenvalue weighted by atomic mass is 32.1. The minimum absolute atomic E-state index is 0.0861. The van der Waals surface area contributed by atoms with Crippen molar-refractivity contribution in [3.05, 3.63) is 56.6 Å². The van der Waals surface area contributed by atoms with Gasteiger partial charge in [-0.05, 0) is 56.3 Å². The molecule has 0 aliphatic carbocycles. The van der Waals surface area contributed by atoms with Gasteiger partial charge in [-0.25, -0.2) is 0 Å². The molecule has 2 heterocycles. The van der Waals surface area contributed by atoms with Crippen LogP contribution in [0.15, 0.2) is 40.6 Å². The average molecular weight is 290 g/mol. The Balaban J connectivity index is 1.68. The van der Waals surface area contributed by atoms with E-state index in [0.29, 0.717) is 6.04 Å². The van der Waals surface area contributed by atoms with Gasteiger partial charge in [-0.3, -0.25) is 4.79 Å². The number of aromatic nitrogens is 1. The number of hydrogen-bond acceptors (Lipinski definition) is 3. The minimum atomic E-state index is 0.0861. The first-order valence-electron chi connectivity index (χ1n) is 7.11. The Hall–Kier alpha value is -1.39. The SMILES string of the molecule is Cc1ccsc1C(C)NCCCCn1ccccc1=O. The summed E-state index contributed by atoms with van der Waals surface area (Å²) >= 11 is 1.81. The van der Waals surface area contributed by atoms with Crippen LogP contribution in [0.3, 0.4) is 0 Å². The number of nitrogens with zero attached hydrogens (tertiary/aromatic N) is 1. The van der Waals surface area contributed by atoms with Gasteiger partial charge in [-0.2, -0.15) is 0 Å². The average Bonchev–Trinajstić information content (AvgIpc) is 2.86. The van der Waals surface area contributed by atoms with Crippen LogP contribution in [0, 0.1) is 6.92 Å². The smallest absolute Gasteiger partial charge is 0.250 e. The number of aryl methyl sites for hydroxylation is 2. The van der Waals surface area contributed by atoms with E-state index in [4.69, 9.17) is 0 Å². The quantitative estimate of drug-likeness (QED) is 0.794. The second kappa shape index (κ2) is 7.41. The summed E-state index contributed by atoms with van der Waals surface area (Å²) in [5, 5.41) is 5.69. The maximum Gasteiger partial charge on any atom is 0.250 e. The van der Waals surface area contributed by atoms with Crippen LogP contribution in [0.2, 0.25) is 0 Å². The van der Waals surface area contributed by atoms with E-state index in [1.54, 1.807) is 16.7 Å². The van der Waals surface area contributed by atoms with Gasteiger partial charge < -0.3 is 9.88 Å². The Kier molecular flexibility index (Phi) is 5.56. The molecule has 2 aromatic heterocycles. The highest BCUT2D eigenvalue weighted by molar-refractivity contribution is 7.10. The molecular formula is C16H22N2OS. The van der Waals surface area contributed by atoms with E-state index in [9.17, 15) is 4.79 Å². The molecule has 20 heavy (non-hydrogen) atoms. The van der Waals surface area contributed by atoms with E-state index in [0.717, 1.165) is 25.9 Å². The van der Waals surface area contributed by atoms with Gasteiger partial charge in [-0.15, -0.1) is 11.3 Å². The number of hydrogen-bond donors (Lipinski definition) is 1. The molecule has 108 valence electrons. The molecule has 0 radical (unpaired) electrons. The molecule has 0 aromatic carbocycles. The summed E-state index contributed by atoms with van der Waals surface area (Å²) in [4.78, 5) is 13.0. The Bertz CT molecular complexity index is 588. The first kappa shape index (κ1) is 15.0. The summed E-state index contributed by atoms with van der Waals surface area (Å²) in [6.07, 6.45) is 3.95. The van der Waals surface area contributed by atoms with Crippen molar-refractivity contribution in [2.75, 3.05) is 6.54 Å². The Morgan fingerprint density at radius 2 is 2.15 bits per heavy atom. The number of rotatable bonds is 7. The fourth-order valence-electron chi connectivity index (χ4n) is 2.29. The van der Waals surface area contributed by atoms with E-state index in [1.165, 1.54) is 10.4 Å². The van der Waals surface area contributed by atoms with Gasteiger partial charge in [0.2, 0.25) is 5.56 Å². The van der Waals surface area contributed by atoms with Gasteiger partial charge in [-0.1, -0.05) is 6.07 Å². The standard InChI is InChI=1S/C16H22N2OS/c1-13-8-12-20-16(13)14(2)17-9-4-6-11-18-10-5-3-7-15(18)19/h3,5,7-8,10,12,14,17H,4,6,9,11H2,1-2H3. The number of nitrogens with one attached hydrogen (secondary N) is 1. The van der Waals surface area contributed by atoms with Crippen molar-refractivity contribution in [2.24, 2.45) is 0 Å². The Labute approximate surface area is 124 Å².